The Labute approximate surface area is 87.1 Å². The molecule has 0 aliphatic heterocycles. The van der Waals surface area contributed by atoms with E-state index in [9.17, 15) is 10.2 Å². The van der Waals surface area contributed by atoms with Gasteiger partial charge in [0.05, 0.1) is 27.2 Å². The average molecular weight is 205 g/mol. The summed E-state index contributed by atoms with van der Waals surface area (Å²) in [5.74, 6) is 0. The molecule has 86 valence electrons. The molecule has 3 N–H and O–H groups in total. The number of quaternary nitrogens is 1. The van der Waals surface area contributed by atoms with Gasteiger partial charge in [-0.15, -0.1) is 0 Å². The Bertz CT molecular complexity index is 146. The minimum absolute atomic E-state index is 0.300. The van der Waals surface area contributed by atoms with Crippen molar-refractivity contribution >= 4 is 0 Å². The van der Waals surface area contributed by atoms with E-state index in [1.165, 1.54) is 0 Å². The van der Waals surface area contributed by atoms with Crippen LogP contribution in [0.4, 0.5) is 0 Å². The van der Waals surface area contributed by atoms with Gasteiger partial charge in [-0.1, -0.05) is 6.92 Å². The van der Waals surface area contributed by atoms with Gasteiger partial charge in [-0.2, -0.15) is 0 Å². The monoisotopic (exact) mass is 205 g/mol. The second-order valence-corrected chi connectivity index (χ2v) is 4.85. The molecule has 0 spiro atoms. The summed E-state index contributed by atoms with van der Waals surface area (Å²) in [6, 6.07) is 0. The third kappa shape index (κ3) is 8.44. The minimum Gasteiger partial charge on any atom is -0.392 e. The van der Waals surface area contributed by atoms with Gasteiger partial charge in [-0.05, 0) is 6.42 Å². The Morgan fingerprint density at radius 2 is 1.57 bits per heavy atom. The second kappa shape index (κ2) is 6.35. The highest BCUT2D eigenvalue weighted by Gasteiger charge is 2.14. The fourth-order valence-corrected chi connectivity index (χ4v) is 1.26. The highest BCUT2D eigenvalue weighted by molar-refractivity contribution is 4.61. The lowest BCUT2D eigenvalue weighted by atomic mass is 10.2. The van der Waals surface area contributed by atoms with Crippen molar-refractivity contribution in [3.05, 3.63) is 0 Å². The number of hydrogen-bond donors (Lipinski definition) is 3. The van der Waals surface area contributed by atoms with Crippen LogP contribution >= 0.6 is 0 Å². The smallest absolute Gasteiger partial charge is 0.115 e. The molecule has 0 aliphatic carbocycles. The number of rotatable bonds is 7. The Morgan fingerprint density at radius 1 is 1.07 bits per heavy atom. The standard InChI is InChI=1S/C10H25N2O2/c1-5-9(13)6-11-7-10(14)8-12(2,3)4/h9-11,13-14H,5-8H2,1-4H3/q+1. The highest BCUT2D eigenvalue weighted by Crippen LogP contribution is 1.94. The maximum atomic E-state index is 9.61. The van der Waals surface area contributed by atoms with Crippen molar-refractivity contribution in [2.45, 2.75) is 25.6 Å². The lowest BCUT2D eigenvalue weighted by Gasteiger charge is -2.27. The molecule has 0 fully saturated rings. The fourth-order valence-electron chi connectivity index (χ4n) is 1.26. The number of nitrogens with zero attached hydrogens (tertiary/aromatic N) is 1. The van der Waals surface area contributed by atoms with Crippen LogP contribution in [0.1, 0.15) is 13.3 Å². The minimum atomic E-state index is -0.348. The molecule has 0 saturated heterocycles. The zero-order chi connectivity index (χ0) is 11.2. The molecule has 4 heteroatoms. The molecule has 2 unspecified atom stereocenters. The van der Waals surface area contributed by atoms with Gasteiger partial charge in [-0.3, -0.25) is 0 Å². The van der Waals surface area contributed by atoms with Gasteiger partial charge in [-0.25, -0.2) is 0 Å². The predicted molar refractivity (Wildman–Crippen MR) is 58.1 cm³/mol. The lowest BCUT2D eigenvalue weighted by molar-refractivity contribution is -0.873. The fraction of sp³-hybridized carbons (Fsp3) is 1.00. The van der Waals surface area contributed by atoms with Gasteiger partial charge >= 0.3 is 0 Å². The molecule has 0 radical (unpaired) electrons. The Hall–Kier alpha value is -0.160. The zero-order valence-electron chi connectivity index (χ0n) is 9.82. The van der Waals surface area contributed by atoms with Crippen LogP contribution in [-0.4, -0.2) is 67.7 Å². The zero-order valence-corrected chi connectivity index (χ0v) is 9.82. The molecular weight excluding hydrogens is 180 g/mol. The van der Waals surface area contributed by atoms with Crippen LogP contribution in [0.5, 0.6) is 0 Å². The van der Waals surface area contributed by atoms with Crippen molar-refractivity contribution in [2.75, 3.05) is 40.8 Å². The number of aliphatic hydroxyl groups excluding tert-OH is 2. The van der Waals surface area contributed by atoms with E-state index >= 15 is 0 Å². The third-order valence-electron chi connectivity index (χ3n) is 1.99. The van der Waals surface area contributed by atoms with Crippen LogP contribution in [0.2, 0.25) is 0 Å². The van der Waals surface area contributed by atoms with Crippen LogP contribution < -0.4 is 5.32 Å². The summed E-state index contributed by atoms with van der Waals surface area (Å²) in [7, 11) is 6.14. The highest BCUT2D eigenvalue weighted by atomic mass is 16.3. The summed E-state index contributed by atoms with van der Waals surface area (Å²) in [5.41, 5.74) is 0. The third-order valence-corrected chi connectivity index (χ3v) is 1.99. The van der Waals surface area contributed by atoms with E-state index in [4.69, 9.17) is 0 Å². The first kappa shape index (κ1) is 13.8. The second-order valence-electron chi connectivity index (χ2n) is 4.85. The summed E-state index contributed by atoms with van der Waals surface area (Å²) in [5, 5.41) is 21.9. The molecule has 0 amide bonds. The van der Waals surface area contributed by atoms with E-state index in [-0.39, 0.29) is 12.2 Å². The number of likely N-dealkylation sites (N-methyl/N-ethyl adjacent to an activating group) is 1. The van der Waals surface area contributed by atoms with Crippen molar-refractivity contribution < 1.29 is 14.7 Å². The summed E-state index contributed by atoms with van der Waals surface area (Å²) < 4.78 is 0.749. The van der Waals surface area contributed by atoms with Crippen molar-refractivity contribution in [3.63, 3.8) is 0 Å². The largest absolute Gasteiger partial charge is 0.392 e. The lowest BCUT2D eigenvalue weighted by Crippen LogP contribution is -2.45. The quantitative estimate of drug-likeness (QED) is 0.487. The number of aliphatic hydroxyl groups is 2. The van der Waals surface area contributed by atoms with Crippen LogP contribution in [0, 0.1) is 0 Å². The molecule has 2 atom stereocenters. The summed E-state index contributed by atoms with van der Waals surface area (Å²) >= 11 is 0. The molecule has 14 heavy (non-hydrogen) atoms. The molecule has 0 saturated carbocycles. The van der Waals surface area contributed by atoms with Gasteiger partial charge in [0.1, 0.15) is 12.6 Å². The van der Waals surface area contributed by atoms with E-state index in [2.05, 4.69) is 5.32 Å². The molecule has 0 aromatic rings. The molecule has 0 rings (SSSR count). The summed E-state index contributed by atoms with van der Waals surface area (Å²) in [4.78, 5) is 0. The van der Waals surface area contributed by atoms with Crippen molar-refractivity contribution in [1.82, 2.24) is 5.32 Å². The van der Waals surface area contributed by atoms with E-state index in [0.717, 1.165) is 17.4 Å². The van der Waals surface area contributed by atoms with Gasteiger partial charge in [0.15, 0.2) is 0 Å². The maximum absolute atomic E-state index is 9.61. The Balaban J connectivity index is 3.50. The summed E-state index contributed by atoms with van der Waals surface area (Å²) in [6.45, 7) is 3.77. The molecule has 0 heterocycles. The van der Waals surface area contributed by atoms with E-state index in [1.54, 1.807) is 0 Å². The average Bonchev–Trinajstić information content (AvgIpc) is 2.00. The summed E-state index contributed by atoms with van der Waals surface area (Å²) in [6.07, 6.45) is 0.101. The van der Waals surface area contributed by atoms with Crippen molar-refractivity contribution in [2.24, 2.45) is 0 Å². The topological polar surface area (TPSA) is 52.5 Å². The van der Waals surface area contributed by atoms with Gasteiger partial charge < -0.3 is 20.0 Å². The van der Waals surface area contributed by atoms with Crippen LogP contribution in [0.3, 0.4) is 0 Å². The normalized spacial score (nSPS) is 16.7. The van der Waals surface area contributed by atoms with Crippen LogP contribution in [0.25, 0.3) is 0 Å². The number of nitrogens with one attached hydrogen (secondary N) is 1. The van der Waals surface area contributed by atoms with E-state index in [1.807, 2.05) is 28.1 Å². The molecule has 0 aromatic heterocycles. The van der Waals surface area contributed by atoms with Gasteiger partial charge in [0, 0.05) is 13.1 Å². The first-order valence-corrected chi connectivity index (χ1v) is 5.22. The van der Waals surface area contributed by atoms with Gasteiger partial charge in [0.25, 0.3) is 0 Å². The Kier molecular flexibility index (Phi) is 6.27. The Morgan fingerprint density at radius 3 is 2.00 bits per heavy atom. The first-order valence-electron chi connectivity index (χ1n) is 5.22. The van der Waals surface area contributed by atoms with Gasteiger partial charge in [0.2, 0.25) is 0 Å². The molecule has 0 aromatic carbocycles. The molecular formula is C10H25N2O2+. The van der Waals surface area contributed by atoms with Crippen LogP contribution in [-0.2, 0) is 0 Å². The van der Waals surface area contributed by atoms with E-state index < -0.39 is 0 Å². The van der Waals surface area contributed by atoms with Crippen molar-refractivity contribution in [1.29, 1.82) is 0 Å². The molecule has 0 bridgehead atoms. The van der Waals surface area contributed by atoms with E-state index in [0.29, 0.717) is 13.1 Å². The first-order chi connectivity index (χ1) is 6.35. The molecule has 0 aliphatic rings. The van der Waals surface area contributed by atoms with Crippen LogP contribution in [0.15, 0.2) is 0 Å². The molecule has 4 nitrogen and oxygen atoms in total. The van der Waals surface area contributed by atoms with Crippen molar-refractivity contribution in [3.8, 4) is 0 Å². The maximum Gasteiger partial charge on any atom is 0.115 e. The SMILES string of the molecule is CCC(O)CNCC(O)C[N+](C)(C)C. The number of hydrogen-bond acceptors (Lipinski definition) is 3. The predicted octanol–water partition coefficient (Wildman–Crippen LogP) is -0.586.